The van der Waals surface area contributed by atoms with E-state index >= 15 is 0 Å². The maximum absolute atomic E-state index is 12.1. The molecule has 25 heavy (non-hydrogen) atoms. The van der Waals surface area contributed by atoms with Crippen molar-refractivity contribution in [1.82, 2.24) is 0 Å². The number of nitrogens with zero attached hydrogens (tertiary/aromatic N) is 3. The minimum absolute atomic E-state index is 0.00520. The Kier molecular flexibility index (Phi) is 4.93. The second kappa shape index (κ2) is 7.08. The second-order valence-electron chi connectivity index (χ2n) is 4.76. The number of benzene rings is 2. The van der Waals surface area contributed by atoms with Crippen LogP contribution in [0.4, 0.5) is 17.1 Å². The monoisotopic (exact) mass is 343 g/mol. The lowest BCUT2D eigenvalue weighted by Gasteiger charge is -1.99. The van der Waals surface area contributed by atoms with Gasteiger partial charge < -0.3 is 0 Å². The highest BCUT2D eigenvalue weighted by atomic mass is 16.6. The van der Waals surface area contributed by atoms with Crippen LogP contribution in [0.25, 0.3) is 6.08 Å². The van der Waals surface area contributed by atoms with Crippen LogP contribution < -0.4 is 0 Å². The molecule has 0 aliphatic heterocycles. The molecule has 0 aliphatic rings. The molecule has 0 aliphatic carbocycles. The molecule has 0 saturated heterocycles. The fourth-order valence-corrected chi connectivity index (χ4v) is 1.98. The standard InChI is InChI=1S/C15H9N3O7/c19-15(11-2-1-3-12(8-11)16(20)21)7-5-10-4-6-13(17(22)23)9-14(10)18(24)25/h1-9H. The van der Waals surface area contributed by atoms with Crippen LogP contribution in [0.5, 0.6) is 0 Å². The van der Waals surface area contributed by atoms with Gasteiger partial charge in [-0.2, -0.15) is 0 Å². The van der Waals surface area contributed by atoms with Crippen molar-refractivity contribution in [1.29, 1.82) is 0 Å². The quantitative estimate of drug-likeness (QED) is 0.338. The molecule has 0 atom stereocenters. The maximum atomic E-state index is 12.1. The normalized spacial score (nSPS) is 10.6. The molecule has 0 saturated carbocycles. The summed E-state index contributed by atoms with van der Waals surface area (Å²) in [6.45, 7) is 0. The van der Waals surface area contributed by atoms with Gasteiger partial charge >= 0.3 is 0 Å². The average molecular weight is 343 g/mol. The summed E-state index contributed by atoms with van der Waals surface area (Å²) >= 11 is 0. The van der Waals surface area contributed by atoms with E-state index in [9.17, 15) is 35.1 Å². The molecule has 0 radical (unpaired) electrons. The van der Waals surface area contributed by atoms with Gasteiger partial charge in [0.2, 0.25) is 0 Å². The summed E-state index contributed by atoms with van der Waals surface area (Å²) in [5.41, 5.74) is -1.21. The van der Waals surface area contributed by atoms with Gasteiger partial charge in [0.05, 0.1) is 26.4 Å². The minimum Gasteiger partial charge on any atom is -0.289 e. The zero-order chi connectivity index (χ0) is 18.6. The average Bonchev–Trinajstić information content (AvgIpc) is 2.59. The molecule has 0 unspecified atom stereocenters. The Morgan fingerprint density at radius 2 is 1.48 bits per heavy atom. The molecule has 0 amide bonds. The fourth-order valence-electron chi connectivity index (χ4n) is 1.98. The third kappa shape index (κ3) is 4.07. The van der Waals surface area contributed by atoms with E-state index in [4.69, 9.17) is 0 Å². The largest absolute Gasteiger partial charge is 0.289 e. The summed E-state index contributed by atoms with van der Waals surface area (Å²) in [6.07, 6.45) is 2.14. The molecule has 10 nitrogen and oxygen atoms in total. The molecule has 2 rings (SSSR count). The summed E-state index contributed by atoms with van der Waals surface area (Å²) in [5.74, 6) is -0.601. The molecule has 10 heteroatoms. The highest BCUT2D eigenvalue weighted by Crippen LogP contribution is 2.26. The number of nitro groups is 3. The van der Waals surface area contributed by atoms with Crippen molar-refractivity contribution in [2.75, 3.05) is 0 Å². The number of carbonyl (C=O) groups is 1. The van der Waals surface area contributed by atoms with Crippen molar-refractivity contribution in [3.05, 3.63) is 90.0 Å². The van der Waals surface area contributed by atoms with Crippen LogP contribution in [0.1, 0.15) is 15.9 Å². The Morgan fingerprint density at radius 3 is 2.08 bits per heavy atom. The molecule has 0 fully saturated rings. The lowest BCUT2D eigenvalue weighted by molar-refractivity contribution is -0.394. The first-order valence-corrected chi connectivity index (χ1v) is 6.69. The predicted octanol–water partition coefficient (Wildman–Crippen LogP) is 3.31. The van der Waals surface area contributed by atoms with Gasteiger partial charge in [-0.3, -0.25) is 35.1 Å². The molecular weight excluding hydrogens is 334 g/mol. The van der Waals surface area contributed by atoms with E-state index < -0.39 is 31.9 Å². The van der Waals surface area contributed by atoms with E-state index in [0.717, 1.165) is 36.4 Å². The van der Waals surface area contributed by atoms with E-state index in [0.29, 0.717) is 0 Å². The van der Waals surface area contributed by atoms with E-state index in [1.54, 1.807) is 0 Å². The molecule has 0 bridgehead atoms. The van der Waals surface area contributed by atoms with Crippen LogP contribution >= 0.6 is 0 Å². The maximum Gasteiger partial charge on any atom is 0.283 e. The summed E-state index contributed by atoms with van der Waals surface area (Å²) in [6, 6.07) is 8.02. The van der Waals surface area contributed by atoms with Gasteiger partial charge in [0.15, 0.2) is 5.78 Å². The number of carbonyl (C=O) groups excluding carboxylic acids is 1. The molecule has 2 aromatic carbocycles. The Bertz CT molecular complexity index is 921. The molecule has 0 N–H and O–H groups in total. The Morgan fingerprint density at radius 1 is 0.840 bits per heavy atom. The number of nitro benzene ring substituents is 3. The SMILES string of the molecule is O=C(C=Cc1ccc([N+](=O)[O-])cc1[N+](=O)[O-])c1cccc([N+](=O)[O-])c1. The predicted molar refractivity (Wildman–Crippen MR) is 86.2 cm³/mol. The lowest BCUT2D eigenvalue weighted by atomic mass is 10.1. The number of rotatable bonds is 6. The van der Waals surface area contributed by atoms with Gasteiger partial charge in [0.1, 0.15) is 0 Å². The zero-order valence-electron chi connectivity index (χ0n) is 12.4. The summed E-state index contributed by atoms with van der Waals surface area (Å²) in [5, 5.41) is 32.4. The second-order valence-corrected chi connectivity index (χ2v) is 4.76. The highest BCUT2D eigenvalue weighted by Gasteiger charge is 2.18. The van der Waals surface area contributed by atoms with E-state index in [-0.39, 0.29) is 16.8 Å². The number of hydrogen-bond acceptors (Lipinski definition) is 7. The van der Waals surface area contributed by atoms with Crippen LogP contribution in [-0.2, 0) is 0 Å². The zero-order valence-corrected chi connectivity index (χ0v) is 12.4. The Labute approximate surface area is 139 Å². The van der Waals surface area contributed by atoms with Crippen molar-refractivity contribution in [3.63, 3.8) is 0 Å². The number of hydrogen-bond donors (Lipinski definition) is 0. The van der Waals surface area contributed by atoms with Crippen LogP contribution in [0.2, 0.25) is 0 Å². The topological polar surface area (TPSA) is 146 Å². The Balaban J connectivity index is 2.34. The molecule has 126 valence electrons. The van der Waals surface area contributed by atoms with E-state index in [1.165, 1.54) is 18.2 Å². The molecule has 0 spiro atoms. The van der Waals surface area contributed by atoms with E-state index in [1.807, 2.05) is 0 Å². The number of ketones is 1. The molecule has 2 aromatic rings. The van der Waals surface area contributed by atoms with Gasteiger partial charge in [0.25, 0.3) is 17.1 Å². The summed E-state index contributed by atoms with van der Waals surface area (Å²) < 4.78 is 0. The van der Waals surface area contributed by atoms with Gasteiger partial charge in [-0.05, 0) is 18.2 Å². The Hall–Kier alpha value is -3.95. The minimum atomic E-state index is -0.801. The van der Waals surface area contributed by atoms with Crippen molar-refractivity contribution in [2.45, 2.75) is 0 Å². The van der Waals surface area contributed by atoms with Gasteiger partial charge in [-0.15, -0.1) is 0 Å². The number of non-ortho nitro benzene ring substituents is 2. The highest BCUT2D eigenvalue weighted by molar-refractivity contribution is 6.07. The van der Waals surface area contributed by atoms with Crippen molar-refractivity contribution in [2.24, 2.45) is 0 Å². The van der Waals surface area contributed by atoms with Crippen molar-refractivity contribution in [3.8, 4) is 0 Å². The molecule has 0 heterocycles. The van der Waals surface area contributed by atoms with Crippen molar-refractivity contribution >= 4 is 28.9 Å². The molecular formula is C15H9N3O7. The summed E-state index contributed by atoms with van der Waals surface area (Å²) in [7, 11) is 0. The van der Waals surface area contributed by atoms with Crippen LogP contribution in [-0.4, -0.2) is 20.6 Å². The lowest BCUT2D eigenvalue weighted by Crippen LogP contribution is -1.97. The van der Waals surface area contributed by atoms with Crippen LogP contribution in [0, 0.1) is 30.3 Å². The van der Waals surface area contributed by atoms with Crippen molar-refractivity contribution < 1.29 is 19.6 Å². The van der Waals surface area contributed by atoms with Crippen LogP contribution in [0.3, 0.4) is 0 Å². The smallest absolute Gasteiger partial charge is 0.283 e. The first-order chi connectivity index (χ1) is 11.8. The third-order valence-corrected chi connectivity index (χ3v) is 3.18. The third-order valence-electron chi connectivity index (χ3n) is 3.18. The fraction of sp³-hybridized carbons (Fsp3) is 0. The first kappa shape index (κ1) is 17.4. The van der Waals surface area contributed by atoms with E-state index in [2.05, 4.69) is 0 Å². The van der Waals surface area contributed by atoms with Gasteiger partial charge in [-0.1, -0.05) is 12.1 Å². The summed E-state index contributed by atoms with van der Waals surface area (Å²) in [4.78, 5) is 42.2. The molecule has 0 aromatic heterocycles. The van der Waals surface area contributed by atoms with Gasteiger partial charge in [-0.25, -0.2) is 0 Å². The van der Waals surface area contributed by atoms with Gasteiger partial charge in [0, 0.05) is 23.8 Å². The first-order valence-electron chi connectivity index (χ1n) is 6.69. The number of allylic oxidation sites excluding steroid dienone is 1. The van der Waals surface area contributed by atoms with Crippen LogP contribution in [0.15, 0.2) is 48.5 Å².